The van der Waals surface area contributed by atoms with E-state index < -0.39 is 11.6 Å². The molecule has 0 heterocycles. The van der Waals surface area contributed by atoms with Crippen LogP contribution in [0.25, 0.3) is 0 Å². The van der Waals surface area contributed by atoms with Crippen LogP contribution in [0.5, 0.6) is 11.5 Å². The third-order valence-electron chi connectivity index (χ3n) is 1.56. The smallest absolute Gasteiger partial charge is 0.194 e. The van der Waals surface area contributed by atoms with Gasteiger partial charge in [-0.25, -0.2) is 10.3 Å². The van der Waals surface area contributed by atoms with E-state index in [0.29, 0.717) is 5.56 Å². The molecule has 0 unspecified atom stereocenters. The molecule has 0 aliphatic carbocycles. The Morgan fingerprint density at radius 1 is 1.54 bits per heavy atom. The Morgan fingerprint density at radius 2 is 2.23 bits per heavy atom. The van der Waals surface area contributed by atoms with Crippen molar-refractivity contribution >= 4 is 0 Å². The Bertz CT molecular complexity index is 304. The lowest BCUT2D eigenvalue weighted by Gasteiger charge is -2.06. The minimum absolute atomic E-state index is 0.0621. The maximum Gasteiger partial charge on any atom is 0.194 e. The van der Waals surface area contributed by atoms with Crippen LogP contribution in [-0.2, 0) is 11.4 Å². The fraction of sp³-hybridized carbons (Fsp3) is 0.250. The van der Waals surface area contributed by atoms with E-state index in [1.165, 1.54) is 13.2 Å². The molecule has 1 rings (SSSR count). The lowest BCUT2D eigenvalue weighted by molar-refractivity contribution is 0.123. The van der Waals surface area contributed by atoms with E-state index in [9.17, 15) is 4.39 Å². The first-order chi connectivity index (χ1) is 6.19. The molecule has 0 aliphatic rings. The molecule has 13 heavy (non-hydrogen) atoms. The van der Waals surface area contributed by atoms with Crippen molar-refractivity contribution in [1.29, 1.82) is 0 Å². The molecule has 0 aliphatic heterocycles. The van der Waals surface area contributed by atoms with Gasteiger partial charge >= 0.3 is 0 Å². The molecule has 0 saturated carbocycles. The molecule has 0 spiro atoms. The third kappa shape index (κ3) is 2.07. The van der Waals surface area contributed by atoms with Crippen LogP contribution in [0.4, 0.5) is 4.39 Å². The van der Waals surface area contributed by atoms with Crippen molar-refractivity contribution in [1.82, 2.24) is 0 Å². The summed E-state index contributed by atoms with van der Waals surface area (Å²) in [6.07, 6.45) is 0. The monoisotopic (exact) mass is 187 g/mol. The van der Waals surface area contributed by atoms with Gasteiger partial charge in [-0.3, -0.25) is 4.84 Å². The number of phenols is 1. The summed E-state index contributed by atoms with van der Waals surface area (Å²) < 4.78 is 17.7. The zero-order valence-electron chi connectivity index (χ0n) is 7.08. The molecule has 0 radical (unpaired) electrons. The number of hydrogen-bond acceptors (Lipinski definition) is 4. The predicted octanol–water partition coefficient (Wildman–Crippen LogP) is 0.930. The summed E-state index contributed by atoms with van der Waals surface area (Å²) >= 11 is 0. The molecule has 72 valence electrons. The van der Waals surface area contributed by atoms with Crippen molar-refractivity contribution in [3.63, 3.8) is 0 Å². The number of phenolic OH excluding ortho intramolecular Hbond substituents is 1. The van der Waals surface area contributed by atoms with Gasteiger partial charge in [0.25, 0.3) is 0 Å². The summed E-state index contributed by atoms with van der Waals surface area (Å²) in [4.78, 5) is 4.32. The average molecular weight is 187 g/mol. The van der Waals surface area contributed by atoms with Gasteiger partial charge in [0.15, 0.2) is 17.3 Å². The largest absolute Gasteiger partial charge is 0.502 e. The number of halogens is 1. The molecule has 0 atom stereocenters. The maximum atomic E-state index is 12.9. The highest BCUT2D eigenvalue weighted by molar-refractivity contribution is 5.42. The van der Waals surface area contributed by atoms with E-state index in [2.05, 4.69) is 4.84 Å². The number of benzene rings is 1. The molecule has 1 aromatic rings. The average Bonchev–Trinajstić information content (AvgIpc) is 2.11. The first kappa shape index (κ1) is 9.76. The third-order valence-corrected chi connectivity index (χ3v) is 1.56. The van der Waals surface area contributed by atoms with Crippen molar-refractivity contribution in [2.24, 2.45) is 5.90 Å². The van der Waals surface area contributed by atoms with Crippen LogP contribution in [-0.4, -0.2) is 12.2 Å². The zero-order chi connectivity index (χ0) is 9.84. The van der Waals surface area contributed by atoms with E-state index >= 15 is 0 Å². The van der Waals surface area contributed by atoms with Gasteiger partial charge in [-0.15, -0.1) is 0 Å². The van der Waals surface area contributed by atoms with Gasteiger partial charge in [0.1, 0.15) is 0 Å². The maximum absolute atomic E-state index is 12.9. The van der Waals surface area contributed by atoms with Gasteiger partial charge in [-0.05, 0) is 17.7 Å². The lowest BCUT2D eigenvalue weighted by atomic mass is 10.2. The van der Waals surface area contributed by atoms with Gasteiger partial charge < -0.3 is 9.84 Å². The zero-order valence-corrected chi connectivity index (χ0v) is 7.08. The molecule has 0 saturated heterocycles. The number of hydrogen-bond donors (Lipinski definition) is 2. The molecule has 0 bridgehead atoms. The Balaban J connectivity index is 3.06. The van der Waals surface area contributed by atoms with Crippen molar-refractivity contribution in [2.75, 3.05) is 7.11 Å². The molecule has 1 aromatic carbocycles. The highest BCUT2D eigenvalue weighted by Crippen LogP contribution is 2.30. The summed E-state index contributed by atoms with van der Waals surface area (Å²) in [5.74, 6) is 3.61. The van der Waals surface area contributed by atoms with Gasteiger partial charge in [-0.2, -0.15) is 0 Å². The van der Waals surface area contributed by atoms with Crippen LogP contribution in [0.1, 0.15) is 5.56 Å². The van der Waals surface area contributed by atoms with Crippen molar-refractivity contribution < 1.29 is 19.1 Å². The van der Waals surface area contributed by atoms with Crippen LogP contribution in [0.3, 0.4) is 0 Å². The molecule has 0 amide bonds. The second-order valence-electron chi connectivity index (χ2n) is 2.44. The first-order valence-electron chi connectivity index (χ1n) is 3.56. The van der Waals surface area contributed by atoms with E-state index in [4.69, 9.17) is 15.7 Å². The number of methoxy groups -OCH3 is 1. The van der Waals surface area contributed by atoms with Crippen molar-refractivity contribution in [2.45, 2.75) is 6.61 Å². The summed E-state index contributed by atoms with van der Waals surface area (Å²) in [5, 5.41) is 9.12. The number of aromatic hydroxyl groups is 1. The standard InChI is InChI=1S/C8H10FNO3/c1-12-7-3-5(4-13-10)2-6(9)8(7)11/h2-3,11H,4,10H2,1H3. The molecule has 4 nitrogen and oxygen atoms in total. The fourth-order valence-corrected chi connectivity index (χ4v) is 0.962. The van der Waals surface area contributed by atoms with E-state index in [-0.39, 0.29) is 12.4 Å². The summed E-state index contributed by atoms with van der Waals surface area (Å²) in [6.45, 7) is 0.0631. The summed E-state index contributed by atoms with van der Waals surface area (Å²) in [6, 6.07) is 2.58. The quantitative estimate of drug-likeness (QED) is 0.691. The Hall–Kier alpha value is -1.33. The first-order valence-corrected chi connectivity index (χ1v) is 3.56. The second-order valence-corrected chi connectivity index (χ2v) is 2.44. The van der Waals surface area contributed by atoms with Gasteiger partial charge in [-0.1, -0.05) is 0 Å². The Kier molecular flexibility index (Phi) is 3.05. The topological polar surface area (TPSA) is 64.7 Å². The molecular formula is C8H10FNO3. The van der Waals surface area contributed by atoms with Crippen molar-refractivity contribution in [3.05, 3.63) is 23.5 Å². The van der Waals surface area contributed by atoms with Crippen LogP contribution < -0.4 is 10.6 Å². The number of nitrogens with two attached hydrogens (primary N) is 1. The second kappa shape index (κ2) is 4.06. The Labute approximate surface area is 74.6 Å². The number of rotatable bonds is 3. The fourth-order valence-electron chi connectivity index (χ4n) is 0.962. The van der Waals surface area contributed by atoms with Gasteiger partial charge in [0.2, 0.25) is 0 Å². The normalized spacial score (nSPS) is 10.1. The predicted molar refractivity (Wildman–Crippen MR) is 43.6 cm³/mol. The highest BCUT2D eigenvalue weighted by Gasteiger charge is 2.09. The molecule has 0 fully saturated rings. The highest BCUT2D eigenvalue weighted by atomic mass is 19.1. The van der Waals surface area contributed by atoms with E-state index in [1.54, 1.807) is 0 Å². The van der Waals surface area contributed by atoms with E-state index in [0.717, 1.165) is 6.07 Å². The van der Waals surface area contributed by atoms with Crippen LogP contribution in [0.2, 0.25) is 0 Å². The molecular weight excluding hydrogens is 177 g/mol. The van der Waals surface area contributed by atoms with Crippen LogP contribution in [0.15, 0.2) is 12.1 Å². The number of ether oxygens (including phenoxy) is 1. The molecule has 0 aromatic heterocycles. The molecule has 3 N–H and O–H groups in total. The lowest BCUT2D eigenvalue weighted by Crippen LogP contribution is -2.00. The van der Waals surface area contributed by atoms with Crippen LogP contribution in [0, 0.1) is 5.82 Å². The van der Waals surface area contributed by atoms with E-state index in [1.807, 2.05) is 0 Å². The Morgan fingerprint density at radius 3 is 2.77 bits per heavy atom. The van der Waals surface area contributed by atoms with Crippen LogP contribution >= 0.6 is 0 Å². The van der Waals surface area contributed by atoms with Crippen molar-refractivity contribution in [3.8, 4) is 11.5 Å². The minimum atomic E-state index is -0.758. The summed E-state index contributed by atoms with van der Waals surface area (Å²) in [5.41, 5.74) is 0.495. The summed E-state index contributed by atoms with van der Waals surface area (Å²) in [7, 11) is 1.33. The van der Waals surface area contributed by atoms with Gasteiger partial charge in [0, 0.05) is 0 Å². The molecule has 5 heteroatoms. The SMILES string of the molecule is COc1cc(CON)cc(F)c1O. The minimum Gasteiger partial charge on any atom is -0.502 e. The van der Waals surface area contributed by atoms with Gasteiger partial charge in [0.05, 0.1) is 13.7 Å².